The molecule has 0 amide bonds. The van der Waals surface area contributed by atoms with E-state index < -0.39 is 0 Å². The van der Waals surface area contributed by atoms with Gasteiger partial charge in [0.25, 0.3) is 0 Å². The van der Waals surface area contributed by atoms with Gasteiger partial charge in [0.15, 0.2) is 0 Å². The standard InChI is InChI=1S/C11H19N3O2/c1-15-11-9-10(3-6-14-11)13-5-2-7-16-8-4-12/h3,6,9H,2,4-5,7-8,12H2,1H3,(H,13,14). The zero-order valence-electron chi connectivity index (χ0n) is 9.61. The molecular formula is C11H19N3O2. The maximum absolute atomic E-state index is 5.30. The van der Waals surface area contributed by atoms with Crippen molar-refractivity contribution in [1.29, 1.82) is 0 Å². The van der Waals surface area contributed by atoms with Gasteiger partial charge >= 0.3 is 0 Å². The summed E-state index contributed by atoms with van der Waals surface area (Å²) in [6, 6.07) is 3.77. The minimum Gasteiger partial charge on any atom is -0.481 e. The summed E-state index contributed by atoms with van der Waals surface area (Å²) in [6.45, 7) is 2.79. The molecule has 0 saturated heterocycles. The number of pyridine rings is 1. The van der Waals surface area contributed by atoms with E-state index in [-0.39, 0.29) is 0 Å². The zero-order valence-corrected chi connectivity index (χ0v) is 9.61. The number of hydrogen-bond donors (Lipinski definition) is 2. The van der Waals surface area contributed by atoms with Gasteiger partial charge in [0, 0.05) is 37.6 Å². The Kier molecular flexibility index (Phi) is 6.29. The van der Waals surface area contributed by atoms with Gasteiger partial charge in [-0.25, -0.2) is 4.98 Å². The molecule has 1 heterocycles. The molecule has 1 aromatic rings. The van der Waals surface area contributed by atoms with E-state index in [9.17, 15) is 0 Å². The number of aromatic nitrogens is 1. The van der Waals surface area contributed by atoms with Crippen LogP contribution >= 0.6 is 0 Å². The summed E-state index contributed by atoms with van der Waals surface area (Å²) in [6.07, 6.45) is 2.66. The van der Waals surface area contributed by atoms with E-state index in [1.54, 1.807) is 13.3 Å². The molecule has 0 spiro atoms. The molecule has 0 unspecified atom stereocenters. The van der Waals surface area contributed by atoms with Gasteiger partial charge in [-0.05, 0) is 12.5 Å². The lowest BCUT2D eigenvalue weighted by Crippen LogP contribution is -2.11. The molecule has 16 heavy (non-hydrogen) atoms. The first-order valence-electron chi connectivity index (χ1n) is 5.38. The van der Waals surface area contributed by atoms with Crippen LogP contribution in [-0.4, -0.2) is 38.4 Å². The van der Waals surface area contributed by atoms with Gasteiger partial charge in [-0.2, -0.15) is 0 Å². The van der Waals surface area contributed by atoms with Gasteiger partial charge in [-0.1, -0.05) is 0 Å². The highest BCUT2D eigenvalue weighted by Crippen LogP contribution is 2.12. The Morgan fingerprint density at radius 2 is 2.31 bits per heavy atom. The van der Waals surface area contributed by atoms with Crippen LogP contribution in [0.2, 0.25) is 0 Å². The summed E-state index contributed by atoms with van der Waals surface area (Å²) in [5.41, 5.74) is 6.31. The van der Waals surface area contributed by atoms with Crippen molar-refractivity contribution in [3.8, 4) is 5.88 Å². The third-order valence-corrected chi connectivity index (χ3v) is 2.00. The summed E-state index contributed by atoms with van der Waals surface area (Å²) in [5.74, 6) is 0.615. The molecule has 1 rings (SSSR count). The van der Waals surface area contributed by atoms with Crippen molar-refractivity contribution < 1.29 is 9.47 Å². The fourth-order valence-electron chi connectivity index (χ4n) is 1.22. The molecule has 1 aromatic heterocycles. The van der Waals surface area contributed by atoms with Crippen LogP contribution in [0.3, 0.4) is 0 Å². The van der Waals surface area contributed by atoms with Crippen molar-refractivity contribution in [2.45, 2.75) is 6.42 Å². The fraction of sp³-hybridized carbons (Fsp3) is 0.545. The molecule has 0 aromatic carbocycles. The Labute approximate surface area is 96.0 Å². The second-order valence-corrected chi connectivity index (χ2v) is 3.27. The van der Waals surface area contributed by atoms with Crippen molar-refractivity contribution in [2.24, 2.45) is 5.73 Å². The maximum atomic E-state index is 5.30. The Morgan fingerprint density at radius 1 is 1.44 bits per heavy atom. The van der Waals surface area contributed by atoms with Gasteiger partial charge in [0.2, 0.25) is 5.88 Å². The molecule has 0 bridgehead atoms. The van der Waals surface area contributed by atoms with E-state index in [0.29, 0.717) is 19.0 Å². The normalized spacial score (nSPS) is 10.1. The first-order valence-corrected chi connectivity index (χ1v) is 5.38. The van der Waals surface area contributed by atoms with E-state index in [2.05, 4.69) is 10.3 Å². The molecule has 0 saturated carbocycles. The number of methoxy groups -OCH3 is 1. The molecule has 5 heteroatoms. The smallest absolute Gasteiger partial charge is 0.214 e. The molecule has 0 aliphatic carbocycles. The van der Waals surface area contributed by atoms with Crippen LogP contribution in [0.15, 0.2) is 18.3 Å². The van der Waals surface area contributed by atoms with E-state index in [0.717, 1.165) is 25.3 Å². The molecule has 90 valence electrons. The number of rotatable bonds is 8. The summed E-state index contributed by atoms with van der Waals surface area (Å²) in [4.78, 5) is 4.03. The van der Waals surface area contributed by atoms with Crippen LogP contribution in [0.1, 0.15) is 6.42 Å². The topological polar surface area (TPSA) is 69.4 Å². The van der Waals surface area contributed by atoms with Gasteiger partial charge in [-0.15, -0.1) is 0 Å². The monoisotopic (exact) mass is 225 g/mol. The number of nitrogens with one attached hydrogen (secondary N) is 1. The SMILES string of the molecule is COc1cc(NCCCOCCN)ccn1. The highest BCUT2D eigenvalue weighted by molar-refractivity contribution is 5.44. The van der Waals surface area contributed by atoms with Crippen LogP contribution in [0.5, 0.6) is 5.88 Å². The minimum atomic E-state index is 0.578. The Morgan fingerprint density at radius 3 is 3.06 bits per heavy atom. The quantitative estimate of drug-likeness (QED) is 0.642. The minimum absolute atomic E-state index is 0.578. The van der Waals surface area contributed by atoms with Crippen molar-refractivity contribution in [2.75, 3.05) is 38.7 Å². The van der Waals surface area contributed by atoms with Crippen LogP contribution in [0.25, 0.3) is 0 Å². The molecule has 0 radical (unpaired) electrons. The number of nitrogens with zero attached hydrogens (tertiary/aromatic N) is 1. The van der Waals surface area contributed by atoms with Gasteiger partial charge in [-0.3, -0.25) is 0 Å². The summed E-state index contributed by atoms with van der Waals surface area (Å²) in [7, 11) is 1.60. The fourth-order valence-corrected chi connectivity index (χ4v) is 1.22. The summed E-state index contributed by atoms with van der Waals surface area (Å²) in [5, 5.41) is 3.27. The van der Waals surface area contributed by atoms with Crippen molar-refractivity contribution >= 4 is 5.69 Å². The third kappa shape index (κ3) is 4.95. The first kappa shape index (κ1) is 12.7. The Hall–Kier alpha value is -1.33. The lowest BCUT2D eigenvalue weighted by atomic mass is 10.3. The lowest BCUT2D eigenvalue weighted by molar-refractivity contribution is 0.141. The summed E-state index contributed by atoms with van der Waals surface area (Å²) >= 11 is 0. The second kappa shape index (κ2) is 7.90. The third-order valence-electron chi connectivity index (χ3n) is 2.00. The van der Waals surface area contributed by atoms with Gasteiger partial charge < -0.3 is 20.5 Å². The number of anilines is 1. The largest absolute Gasteiger partial charge is 0.481 e. The number of hydrogen-bond acceptors (Lipinski definition) is 5. The zero-order chi connectivity index (χ0) is 11.6. The maximum Gasteiger partial charge on any atom is 0.214 e. The van der Waals surface area contributed by atoms with Crippen LogP contribution in [0.4, 0.5) is 5.69 Å². The average Bonchev–Trinajstić information content (AvgIpc) is 2.34. The molecule has 0 fully saturated rings. The van der Waals surface area contributed by atoms with Crippen molar-refractivity contribution in [1.82, 2.24) is 4.98 Å². The molecule has 3 N–H and O–H groups in total. The van der Waals surface area contributed by atoms with E-state index >= 15 is 0 Å². The van der Waals surface area contributed by atoms with Gasteiger partial charge in [0.1, 0.15) is 0 Å². The van der Waals surface area contributed by atoms with Crippen molar-refractivity contribution in [3.63, 3.8) is 0 Å². The summed E-state index contributed by atoms with van der Waals surface area (Å²) < 4.78 is 10.3. The number of nitrogens with two attached hydrogens (primary N) is 1. The van der Waals surface area contributed by atoms with Crippen LogP contribution in [-0.2, 0) is 4.74 Å². The first-order chi connectivity index (χ1) is 7.86. The molecule has 0 aliphatic heterocycles. The number of ether oxygens (including phenoxy) is 2. The predicted molar refractivity (Wildman–Crippen MR) is 63.8 cm³/mol. The molecule has 0 atom stereocenters. The average molecular weight is 225 g/mol. The molecular weight excluding hydrogens is 206 g/mol. The highest BCUT2D eigenvalue weighted by Gasteiger charge is 1.95. The van der Waals surface area contributed by atoms with Crippen LogP contribution < -0.4 is 15.8 Å². The van der Waals surface area contributed by atoms with Crippen molar-refractivity contribution in [3.05, 3.63) is 18.3 Å². The van der Waals surface area contributed by atoms with E-state index in [1.165, 1.54) is 0 Å². The van der Waals surface area contributed by atoms with Crippen LogP contribution in [0, 0.1) is 0 Å². The van der Waals surface area contributed by atoms with E-state index in [4.69, 9.17) is 15.2 Å². The molecule has 0 aliphatic rings. The Balaban J connectivity index is 2.16. The lowest BCUT2D eigenvalue weighted by Gasteiger charge is -2.07. The van der Waals surface area contributed by atoms with E-state index in [1.807, 2.05) is 12.1 Å². The predicted octanol–water partition coefficient (Wildman–Crippen LogP) is 0.867. The Bertz CT molecular complexity index is 294. The second-order valence-electron chi connectivity index (χ2n) is 3.27. The molecule has 5 nitrogen and oxygen atoms in total. The highest BCUT2D eigenvalue weighted by atomic mass is 16.5. The van der Waals surface area contributed by atoms with Gasteiger partial charge in [0.05, 0.1) is 13.7 Å².